The number of hydrogen-bond donors (Lipinski definition) is 4. The lowest BCUT2D eigenvalue weighted by Gasteiger charge is -2.11. The Hall–Kier alpha value is -5.66. The normalized spacial score (nSPS) is 11.4. The fourth-order valence-corrected chi connectivity index (χ4v) is 4.38. The van der Waals surface area contributed by atoms with Gasteiger partial charge in [0.1, 0.15) is 0 Å². The van der Waals surface area contributed by atoms with Crippen LogP contribution in [-0.4, -0.2) is 23.6 Å². The third-order valence-electron chi connectivity index (χ3n) is 6.81. The minimum absolute atomic E-state index is 0.0154. The average Bonchev–Trinajstić information content (AvgIpc) is 3.03. The summed E-state index contributed by atoms with van der Waals surface area (Å²) in [5.74, 6) is -1.90. The summed E-state index contributed by atoms with van der Waals surface area (Å²) in [5.41, 5.74) is -0.669. The molecule has 250 valence electrons. The summed E-state index contributed by atoms with van der Waals surface area (Å²) in [6.45, 7) is 0. The molecule has 0 unspecified atom stereocenters. The molecule has 0 heterocycles. The van der Waals surface area contributed by atoms with Gasteiger partial charge in [0.25, 0.3) is 11.8 Å². The molecule has 4 rings (SSSR count). The van der Waals surface area contributed by atoms with Gasteiger partial charge in [-0.1, -0.05) is 12.1 Å². The zero-order valence-electron chi connectivity index (χ0n) is 25.0. The fourth-order valence-electron chi connectivity index (χ4n) is 4.38. The van der Waals surface area contributed by atoms with Crippen LogP contribution in [-0.2, 0) is 21.9 Å². The smallest absolute Gasteiger partial charge is 0.326 e. The van der Waals surface area contributed by atoms with Crippen LogP contribution < -0.4 is 21.3 Å². The first-order valence-electron chi connectivity index (χ1n) is 14.4. The number of anilines is 4. The molecule has 0 atom stereocenters. The first kappa shape index (κ1) is 35.2. The van der Waals surface area contributed by atoms with E-state index in [2.05, 4.69) is 21.3 Å². The molecule has 14 heteroatoms. The quantitative estimate of drug-likeness (QED) is 0.0948. The predicted octanol–water partition coefficient (Wildman–Crippen LogP) is 8.37. The van der Waals surface area contributed by atoms with Crippen LogP contribution in [0, 0.1) is 0 Å². The molecule has 4 aromatic rings. The first-order valence-corrected chi connectivity index (χ1v) is 14.4. The van der Waals surface area contributed by atoms with Crippen LogP contribution in [0.4, 0.5) is 49.1 Å². The maximum atomic E-state index is 12.9. The molecule has 48 heavy (non-hydrogen) atoms. The number of benzene rings is 4. The van der Waals surface area contributed by atoms with Crippen molar-refractivity contribution in [3.05, 3.63) is 119 Å². The van der Waals surface area contributed by atoms with E-state index in [1.54, 1.807) is 0 Å². The van der Waals surface area contributed by atoms with Gasteiger partial charge in [0.05, 0.1) is 11.1 Å². The average molecular weight is 671 g/mol. The maximum Gasteiger partial charge on any atom is 0.416 e. The Morgan fingerprint density at radius 1 is 0.458 bits per heavy atom. The van der Waals surface area contributed by atoms with Crippen molar-refractivity contribution in [2.45, 2.75) is 38.0 Å². The maximum absolute atomic E-state index is 12.9. The van der Waals surface area contributed by atoms with Gasteiger partial charge < -0.3 is 21.3 Å². The van der Waals surface area contributed by atoms with Crippen LogP contribution in [0.25, 0.3) is 0 Å². The Bertz CT molecular complexity index is 1640. The zero-order chi connectivity index (χ0) is 34.9. The minimum Gasteiger partial charge on any atom is -0.326 e. The first-order chi connectivity index (χ1) is 22.7. The molecule has 0 saturated heterocycles. The van der Waals surface area contributed by atoms with Crippen molar-refractivity contribution < 1.29 is 45.5 Å². The van der Waals surface area contributed by atoms with Crippen molar-refractivity contribution in [3.8, 4) is 0 Å². The summed E-state index contributed by atoms with van der Waals surface area (Å²) in [6.07, 6.45) is -8.08. The van der Waals surface area contributed by atoms with Gasteiger partial charge in [-0.15, -0.1) is 0 Å². The van der Waals surface area contributed by atoms with E-state index < -0.39 is 35.3 Å². The molecule has 4 amide bonds. The standard InChI is InChI=1S/C34H28F6N4O4/c35-33(36,37)23-5-3-7-27(19-23)43-31(47)21-11-15-25(16-12-21)41-29(45)9-1-2-10-30(46)42-26-17-13-22(14-18-26)32(48)44-28-8-4-6-24(20-28)34(38,39)40/h3-8,11-20H,1-2,9-10H2,(H,41,45)(H,42,46)(H,43,47)(H,44,48). The molecule has 0 spiro atoms. The summed E-state index contributed by atoms with van der Waals surface area (Å²) < 4.78 is 77.4. The largest absolute Gasteiger partial charge is 0.416 e. The summed E-state index contributed by atoms with van der Waals surface area (Å²) in [5, 5.41) is 10.2. The van der Waals surface area contributed by atoms with Crippen LogP contribution in [0.1, 0.15) is 57.5 Å². The van der Waals surface area contributed by atoms with E-state index in [-0.39, 0.29) is 47.2 Å². The van der Waals surface area contributed by atoms with Crippen molar-refractivity contribution in [1.29, 1.82) is 0 Å². The lowest BCUT2D eigenvalue weighted by atomic mass is 10.1. The molecule has 0 aromatic heterocycles. The number of halogens is 6. The van der Waals surface area contributed by atoms with E-state index in [1.165, 1.54) is 72.8 Å². The molecular formula is C34H28F6N4O4. The van der Waals surface area contributed by atoms with Crippen LogP contribution >= 0.6 is 0 Å². The Morgan fingerprint density at radius 2 is 0.812 bits per heavy atom. The summed E-state index contributed by atoms with van der Waals surface area (Å²) in [4.78, 5) is 49.5. The second kappa shape index (κ2) is 15.3. The molecular weight excluding hydrogens is 642 g/mol. The highest BCUT2D eigenvalue weighted by Crippen LogP contribution is 2.32. The number of unbranched alkanes of at least 4 members (excludes halogenated alkanes) is 1. The van der Waals surface area contributed by atoms with E-state index in [0.717, 1.165) is 24.3 Å². The van der Waals surface area contributed by atoms with Crippen molar-refractivity contribution in [2.75, 3.05) is 21.3 Å². The van der Waals surface area contributed by atoms with E-state index in [9.17, 15) is 45.5 Å². The molecule has 0 bridgehead atoms. The summed E-state index contributed by atoms with van der Waals surface area (Å²) in [6, 6.07) is 20.1. The third-order valence-corrected chi connectivity index (χ3v) is 6.81. The molecule has 4 aromatic carbocycles. The minimum atomic E-state index is -4.55. The van der Waals surface area contributed by atoms with Crippen molar-refractivity contribution in [1.82, 2.24) is 0 Å². The number of rotatable bonds is 11. The van der Waals surface area contributed by atoms with Crippen LogP contribution in [0.2, 0.25) is 0 Å². The van der Waals surface area contributed by atoms with Crippen molar-refractivity contribution >= 4 is 46.4 Å². The van der Waals surface area contributed by atoms with Crippen molar-refractivity contribution in [2.24, 2.45) is 0 Å². The molecule has 0 aliphatic heterocycles. The molecule has 0 fully saturated rings. The highest BCUT2D eigenvalue weighted by atomic mass is 19.4. The Morgan fingerprint density at radius 3 is 1.15 bits per heavy atom. The number of hydrogen-bond acceptors (Lipinski definition) is 4. The highest BCUT2D eigenvalue weighted by molar-refractivity contribution is 6.05. The van der Waals surface area contributed by atoms with Gasteiger partial charge in [0, 0.05) is 46.7 Å². The predicted molar refractivity (Wildman–Crippen MR) is 167 cm³/mol. The van der Waals surface area contributed by atoms with E-state index >= 15 is 0 Å². The van der Waals surface area contributed by atoms with Gasteiger partial charge in [0.2, 0.25) is 11.8 Å². The van der Waals surface area contributed by atoms with Gasteiger partial charge >= 0.3 is 12.4 Å². The van der Waals surface area contributed by atoms with Crippen LogP contribution in [0.15, 0.2) is 97.1 Å². The summed E-state index contributed by atoms with van der Waals surface area (Å²) >= 11 is 0. The summed E-state index contributed by atoms with van der Waals surface area (Å²) in [7, 11) is 0. The molecule has 8 nitrogen and oxygen atoms in total. The second-order valence-corrected chi connectivity index (χ2v) is 10.5. The zero-order valence-corrected chi connectivity index (χ0v) is 25.0. The molecule has 0 aliphatic carbocycles. The number of nitrogens with one attached hydrogen (secondary N) is 4. The SMILES string of the molecule is O=C(CCCCC(=O)Nc1ccc(C(=O)Nc2cccc(C(F)(F)F)c2)cc1)Nc1ccc(C(=O)Nc2cccc(C(F)(F)F)c2)cc1. The number of carbonyl (C=O) groups excluding carboxylic acids is 4. The van der Waals surface area contributed by atoms with E-state index in [1.807, 2.05) is 0 Å². The van der Waals surface area contributed by atoms with Gasteiger partial charge in [-0.3, -0.25) is 19.2 Å². The monoisotopic (exact) mass is 670 g/mol. The number of amides is 4. The van der Waals surface area contributed by atoms with Gasteiger partial charge in [-0.2, -0.15) is 26.3 Å². The number of carbonyl (C=O) groups is 4. The van der Waals surface area contributed by atoms with E-state index in [0.29, 0.717) is 24.2 Å². The van der Waals surface area contributed by atoms with Crippen LogP contribution in [0.3, 0.4) is 0 Å². The number of alkyl halides is 6. The molecule has 4 N–H and O–H groups in total. The second-order valence-electron chi connectivity index (χ2n) is 10.5. The van der Waals surface area contributed by atoms with Crippen LogP contribution in [0.5, 0.6) is 0 Å². The molecule has 0 aliphatic rings. The van der Waals surface area contributed by atoms with Gasteiger partial charge in [-0.05, 0) is 97.8 Å². The Kier molecular flexibility index (Phi) is 11.2. The van der Waals surface area contributed by atoms with Crippen molar-refractivity contribution in [3.63, 3.8) is 0 Å². The lowest BCUT2D eigenvalue weighted by Crippen LogP contribution is -2.15. The Labute approximate surface area is 270 Å². The third kappa shape index (κ3) is 10.4. The topological polar surface area (TPSA) is 116 Å². The fraction of sp³-hybridized carbons (Fsp3) is 0.176. The Balaban J connectivity index is 1.15. The van der Waals surface area contributed by atoms with Gasteiger partial charge in [-0.25, -0.2) is 0 Å². The lowest BCUT2D eigenvalue weighted by molar-refractivity contribution is -0.138. The molecule has 0 radical (unpaired) electrons. The van der Waals surface area contributed by atoms with Gasteiger partial charge in [0.15, 0.2) is 0 Å². The molecule has 0 saturated carbocycles. The van der Waals surface area contributed by atoms with E-state index in [4.69, 9.17) is 0 Å². The highest BCUT2D eigenvalue weighted by Gasteiger charge is 2.31.